The summed E-state index contributed by atoms with van der Waals surface area (Å²) in [6.45, 7) is 10.5. The Labute approximate surface area is 137 Å². The van der Waals surface area contributed by atoms with Crippen LogP contribution in [0.3, 0.4) is 0 Å². The molecule has 3 aromatic rings. The average molecular weight is 313 g/mol. The third-order valence-electron chi connectivity index (χ3n) is 3.92. The van der Waals surface area contributed by atoms with Crippen LogP contribution in [0.1, 0.15) is 51.7 Å². The fraction of sp³-hybridized carbons (Fsp3) is 0.368. The highest BCUT2D eigenvalue weighted by Gasteiger charge is 2.18. The predicted octanol–water partition coefficient (Wildman–Crippen LogP) is 4.89. The molecule has 2 aromatic carbocycles. The molecule has 0 saturated carbocycles. The van der Waals surface area contributed by atoms with Gasteiger partial charge in [-0.15, -0.1) is 0 Å². The van der Waals surface area contributed by atoms with Crippen LogP contribution < -0.4 is 5.73 Å². The van der Waals surface area contributed by atoms with E-state index in [1.165, 1.54) is 16.6 Å². The van der Waals surface area contributed by atoms with E-state index in [4.69, 9.17) is 5.73 Å². The number of aromatic nitrogens is 2. The number of nitrogens with two attached hydrogens (primary N) is 1. The minimum absolute atomic E-state index is 0.0610. The zero-order valence-corrected chi connectivity index (χ0v) is 14.6. The number of phenolic OH excluding ortho intramolecular Hbond substituents is 1. The molecule has 1 heterocycles. The van der Waals surface area contributed by atoms with Crippen LogP contribution >= 0.6 is 0 Å². The number of H-pyrrole nitrogens is 2. The Morgan fingerprint density at radius 2 is 1.52 bits per heavy atom. The minimum Gasteiger partial charge on any atom is -0.505 e. The van der Waals surface area contributed by atoms with Crippen LogP contribution in [-0.2, 0) is 5.41 Å². The van der Waals surface area contributed by atoms with E-state index in [1.54, 1.807) is 0 Å². The van der Waals surface area contributed by atoms with Gasteiger partial charge in [-0.3, -0.25) is 10.2 Å². The van der Waals surface area contributed by atoms with Gasteiger partial charge in [0.2, 0.25) is 0 Å². The summed E-state index contributed by atoms with van der Waals surface area (Å²) in [7, 11) is 0. The SMILES string of the molecule is CC(C)c1cc(C(C)(C)C)cc(N)c1O.c1ccc2[nH][nH]c2c1. The minimum atomic E-state index is 0.0610. The lowest BCUT2D eigenvalue weighted by atomic mass is 9.84. The van der Waals surface area contributed by atoms with E-state index in [0.29, 0.717) is 5.69 Å². The molecule has 0 amide bonds. The molecule has 4 heteroatoms. The number of nitrogens with one attached hydrogen (secondary N) is 2. The Morgan fingerprint density at radius 3 is 1.87 bits per heavy atom. The third kappa shape index (κ3) is 3.89. The average Bonchev–Trinajstić information content (AvgIpc) is 2.42. The lowest BCUT2D eigenvalue weighted by Gasteiger charge is -2.22. The molecule has 4 nitrogen and oxygen atoms in total. The summed E-state index contributed by atoms with van der Waals surface area (Å²) in [4.78, 5) is 0. The summed E-state index contributed by atoms with van der Waals surface area (Å²) in [5.41, 5.74) is 10.8. The topological polar surface area (TPSA) is 77.8 Å². The van der Waals surface area contributed by atoms with Gasteiger partial charge in [0.1, 0.15) is 5.75 Å². The number of phenols is 1. The number of aromatic hydroxyl groups is 1. The van der Waals surface area contributed by atoms with Crippen molar-refractivity contribution in [2.24, 2.45) is 0 Å². The Hall–Kier alpha value is -2.36. The predicted molar refractivity (Wildman–Crippen MR) is 98.0 cm³/mol. The normalized spacial score (nSPS) is 11.6. The van der Waals surface area contributed by atoms with E-state index in [2.05, 4.69) is 50.9 Å². The number of fused-ring (bicyclic) bond motifs is 1. The molecule has 0 aliphatic heterocycles. The van der Waals surface area contributed by atoms with Gasteiger partial charge in [0.15, 0.2) is 0 Å². The van der Waals surface area contributed by atoms with E-state index in [-0.39, 0.29) is 17.1 Å². The summed E-state index contributed by atoms with van der Waals surface area (Å²) < 4.78 is 0. The molecule has 23 heavy (non-hydrogen) atoms. The molecule has 0 fully saturated rings. The lowest BCUT2D eigenvalue weighted by Crippen LogP contribution is -2.12. The smallest absolute Gasteiger partial charge is 0.141 e. The van der Waals surface area contributed by atoms with Crippen molar-refractivity contribution in [1.82, 2.24) is 10.2 Å². The number of hydrogen-bond acceptors (Lipinski definition) is 2. The van der Waals surface area contributed by atoms with Crippen molar-refractivity contribution in [3.8, 4) is 5.75 Å². The number of hydrogen-bond donors (Lipinski definition) is 4. The summed E-state index contributed by atoms with van der Waals surface area (Å²) in [5.74, 6) is 0.521. The standard InChI is InChI=1S/C13H21NO.C6H6N2/c1-8(2)10-6-9(13(3,4)5)7-11(14)12(10)15;1-2-4-6-5(3-1)7-8-6/h6-8,15H,14H2,1-5H3;1-4,7-8H. The maximum absolute atomic E-state index is 9.83. The highest BCUT2D eigenvalue weighted by atomic mass is 16.3. The van der Waals surface area contributed by atoms with E-state index in [1.807, 2.05) is 30.3 Å². The van der Waals surface area contributed by atoms with E-state index < -0.39 is 0 Å². The monoisotopic (exact) mass is 313 g/mol. The Kier molecular flexibility index (Phi) is 4.73. The van der Waals surface area contributed by atoms with Gasteiger partial charge >= 0.3 is 0 Å². The van der Waals surface area contributed by atoms with Crippen molar-refractivity contribution in [3.63, 3.8) is 0 Å². The molecule has 0 atom stereocenters. The molecular formula is C19H27N3O. The van der Waals surface area contributed by atoms with Gasteiger partial charge in [-0.1, -0.05) is 52.8 Å². The van der Waals surface area contributed by atoms with Crippen LogP contribution in [0.15, 0.2) is 36.4 Å². The van der Waals surface area contributed by atoms with Gasteiger partial charge in [-0.25, -0.2) is 0 Å². The first-order chi connectivity index (χ1) is 10.7. The highest BCUT2D eigenvalue weighted by Crippen LogP contribution is 2.36. The first kappa shape index (κ1) is 17.0. The van der Waals surface area contributed by atoms with Crippen LogP contribution in [0.25, 0.3) is 11.0 Å². The van der Waals surface area contributed by atoms with Crippen molar-refractivity contribution in [2.75, 3.05) is 5.73 Å². The molecule has 124 valence electrons. The number of benzene rings is 2. The summed E-state index contributed by atoms with van der Waals surface area (Å²) in [6, 6.07) is 12.0. The lowest BCUT2D eigenvalue weighted by molar-refractivity contribution is 0.466. The fourth-order valence-corrected chi connectivity index (χ4v) is 2.33. The Morgan fingerprint density at radius 1 is 1.00 bits per heavy atom. The van der Waals surface area contributed by atoms with Crippen molar-refractivity contribution >= 4 is 16.7 Å². The zero-order valence-electron chi connectivity index (χ0n) is 14.6. The molecule has 0 aliphatic carbocycles. The number of anilines is 1. The maximum atomic E-state index is 9.83. The van der Waals surface area contributed by atoms with Crippen molar-refractivity contribution in [3.05, 3.63) is 47.5 Å². The Bertz CT molecular complexity index is 745. The van der Waals surface area contributed by atoms with Crippen LogP contribution in [0.2, 0.25) is 0 Å². The molecular weight excluding hydrogens is 286 g/mol. The summed E-state index contributed by atoms with van der Waals surface area (Å²) in [5, 5.41) is 15.7. The first-order valence-corrected chi connectivity index (χ1v) is 7.94. The molecule has 0 aliphatic rings. The first-order valence-electron chi connectivity index (χ1n) is 7.94. The van der Waals surface area contributed by atoms with Crippen LogP contribution in [0.4, 0.5) is 5.69 Å². The van der Waals surface area contributed by atoms with Crippen molar-refractivity contribution in [1.29, 1.82) is 0 Å². The molecule has 0 saturated heterocycles. The molecule has 0 spiro atoms. The second-order valence-corrected chi connectivity index (χ2v) is 7.20. The second kappa shape index (κ2) is 6.41. The largest absolute Gasteiger partial charge is 0.505 e. The number of aromatic amines is 2. The number of nitrogen functional groups attached to an aromatic ring is 1. The number of para-hydroxylation sites is 2. The van der Waals surface area contributed by atoms with Gasteiger partial charge in [0.25, 0.3) is 0 Å². The second-order valence-electron chi connectivity index (χ2n) is 7.20. The van der Waals surface area contributed by atoms with Gasteiger partial charge < -0.3 is 10.8 Å². The summed E-state index contributed by atoms with van der Waals surface area (Å²) >= 11 is 0. The third-order valence-corrected chi connectivity index (χ3v) is 3.92. The van der Waals surface area contributed by atoms with Gasteiger partial charge in [0, 0.05) is 0 Å². The molecule has 0 unspecified atom stereocenters. The Balaban J connectivity index is 0.000000198. The number of rotatable bonds is 1. The molecule has 3 rings (SSSR count). The van der Waals surface area contributed by atoms with Crippen LogP contribution in [0, 0.1) is 0 Å². The van der Waals surface area contributed by atoms with E-state index >= 15 is 0 Å². The van der Waals surface area contributed by atoms with Gasteiger partial charge in [0.05, 0.1) is 16.7 Å². The van der Waals surface area contributed by atoms with E-state index in [0.717, 1.165) is 5.56 Å². The zero-order chi connectivity index (χ0) is 17.2. The molecule has 0 radical (unpaired) electrons. The maximum Gasteiger partial charge on any atom is 0.141 e. The molecule has 1 aromatic heterocycles. The summed E-state index contributed by atoms with van der Waals surface area (Å²) in [6.07, 6.45) is 0. The van der Waals surface area contributed by atoms with E-state index in [9.17, 15) is 5.11 Å². The van der Waals surface area contributed by atoms with Crippen molar-refractivity contribution in [2.45, 2.75) is 46.0 Å². The fourth-order valence-electron chi connectivity index (χ4n) is 2.33. The molecule has 5 N–H and O–H groups in total. The quantitative estimate of drug-likeness (QED) is 0.381. The van der Waals surface area contributed by atoms with Crippen molar-refractivity contribution < 1.29 is 5.11 Å². The van der Waals surface area contributed by atoms with Gasteiger partial charge in [-0.2, -0.15) is 0 Å². The highest BCUT2D eigenvalue weighted by molar-refractivity contribution is 5.75. The van der Waals surface area contributed by atoms with Crippen LogP contribution in [0.5, 0.6) is 5.75 Å². The van der Waals surface area contributed by atoms with Gasteiger partial charge in [-0.05, 0) is 40.7 Å². The van der Waals surface area contributed by atoms with Crippen LogP contribution in [-0.4, -0.2) is 15.3 Å². The molecule has 0 bridgehead atoms.